The van der Waals surface area contributed by atoms with Crippen LogP contribution in [0.1, 0.15) is 17.2 Å². The Morgan fingerprint density at radius 1 is 1.23 bits per heavy atom. The molecular weight excluding hydrogens is 286 g/mol. The van der Waals surface area contributed by atoms with Crippen LogP contribution in [0.2, 0.25) is 0 Å². The van der Waals surface area contributed by atoms with Crippen LogP contribution in [0.3, 0.4) is 0 Å². The van der Waals surface area contributed by atoms with Crippen LogP contribution >= 0.6 is 0 Å². The first-order valence-electron chi connectivity index (χ1n) is 6.74. The maximum absolute atomic E-state index is 11.0. The zero-order valence-electron chi connectivity index (χ0n) is 11.7. The van der Waals surface area contributed by atoms with Crippen molar-refractivity contribution in [3.63, 3.8) is 0 Å². The molecule has 1 heterocycles. The summed E-state index contributed by atoms with van der Waals surface area (Å²) in [5.41, 5.74) is 7.00. The van der Waals surface area contributed by atoms with Crippen molar-refractivity contribution in [1.82, 2.24) is 0 Å². The molecule has 3 N–H and O–H groups in total. The normalized spacial score (nSPS) is 13.7. The number of carboxylic acid groups (broad SMARTS) is 1. The fourth-order valence-corrected chi connectivity index (χ4v) is 2.19. The van der Waals surface area contributed by atoms with Gasteiger partial charge in [0.1, 0.15) is 18.4 Å². The molecule has 1 atom stereocenters. The van der Waals surface area contributed by atoms with E-state index in [-0.39, 0.29) is 13.4 Å². The number of nitrogens with two attached hydrogens (primary N) is 1. The fourth-order valence-electron chi connectivity index (χ4n) is 2.19. The van der Waals surface area contributed by atoms with Crippen molar-refractivity contribution in [1.29, 1.82) is 0 Å². The van der Waals surface area contributed by atoms with Crippen molar-refractivity contribution in [2.75, 3.05) is 6.79 Å². The van der Waals surface area contributed by atoms with Gasteiger partial charge in [0.25, 0.3) is 0 Å². The molecule has 0 unspecified atom stereocenters. The average molecular weight is 301 g/mol. The molecule has 3 rings (SSSR count). The van der Waals surface area contributed by atoms with Gasteiger partial charge in [0.2, 0.25) is 6.79 Å². The monoisotopic (exact) mass is 301 g/mol. The second kappa shape index (κ2) is 5.95. The Hall–Kier alpha value is -2.73. The predicted octanol–water partition coefficient (Wildman–Crippen LogP) is 2.08. The number of carbonyl (C=O) groups is 1. The minimum absolute atomic E-state index is 0.218. The number of ether oxygens (including phenoxy) is 3. The maximum Gasteiger partial charge on any atom is 0.325 e. The van der Waals surface area contributed by atoms with E-state index in [1.54, 1.807) is 24.3 Å². The molecule has 1 aliphatic rings. The van der Waals surface area contributed by atoms with Crippen LogP contribution in [0.25, 0.3) is 0 Å². The summed E-state index contributed by atoms with van der Waals surface area (Å²) in [5.74, 6) is 0.739. The van der Waals surface area contributed by atoms with Crippen LogP contribution in [0, 0.1) is 0 Å². The van der Waals surface area contributed by atoms with Crippen molar-refractivity contribution < 1.29 is 24.1 Å². The van der Waals surface area contributed by atoms with Crippen LogP contribution < -0.4 is 19.9 Å². The molecule has 6 heteroatoms. The zero-order valence-corrected chi connectivity index (χ0v) is 11.7. The highest BCUT2D eigenvalue weighted by Gasteiger charge is 2.19. The highest BCUT2D eigenvalue weighted by molar-refractivity contribution is 5.76. The van der Waals surface area contributed by atoms with E-state index in [0.717, 1.165) is 5.56 Å². The van der Waals surface area contributed by atoms with Gasteiger partial charge in [-0.3, -0.25) is 4.79 Å². The van der Waals surface area contributed by atoms with E-state index in [1.165, 1.54) is 0 Å². The summed E-state index contributed by atoms with van der Waals surface area (Å²) in [5, 5.41) is 9.04. The summed E-state index contributed by atoms with van der Waals surface area (Å²) >= 11 is 0. The van der Waals surface area contributed by atoms with E-state index in [2.05, 4.69) is 0 Å². The van der Waals surface area contributed by atoms with Gasteiger partial charge in [-0.05, 0) is 23.8 Å². The Kier molecular flexibility index (Phi) is 3.84. The molecule has 0 radical (unpaired) electrons. The van der Waals surface area contributed by atoms with Gasteiger partial charge >= 0.3 is 5.97 Å². The van der Waals surface area contributed by atoms with Crippen LogP contribution in [0.15, 0.2) is 42.5 Å². The van der Waals surface area contributed by atoms with Crippen LogP contribution in [-0.4, -0.2) is 17.9 Å². The largest absolute Gasteiger partial charge is 0.489 e. The molecule has 0 spiro atoms. The fraction of sp³-hybridized carbons (Fsp3) is 0.188. The van der Waals surface area contributed by atoms with Crippen LogP contribution in [-0.2, 0) is 11.4 Å². The van der Waals surface area contributed by atoms with Crippen LogP contribution in [0.5, 0.6) is 17.2 Å². The average Bonchev–Trinajstić information content (AvgIpc) is 3.00. The van der Waals surface area contributed by atoms with Gasteiger partial charge in [0, 0.05) is 5.56 Å². The van der Waals surface area contributed by atoms with Gasteiger partial charge in [0.15, 0.2) is 11.5 Å². The van der Waals surface area contributed by atoms with E-state index in [0.29, 0.717) is 22.8 Å². The highest BCUT2D eigenvalue weighted by atomic mass is 16.7. The summed E-state index contributed by atoms with van der Waals surface area (Å²) in [6.07, 6.45) is 0. The molecule has 0 saturated heterocycles. The molecule has 0 fully saturated rings. The van der Waals surface area contributed by atoms with E-state index in [1.807, 2.05) is 18.2 Å². The minimum Gasteiger partial charge on any atom is -0.489 e. The first-order valence-corrected chi connectivity index (χ1v) is 6.74. The molecule has 114 valence electrons. The number of rotatable bonds is 5. The molecule has 22 heavy (non-hydrogen) atoms. The van der Waals surface area contributed by atoms with E-state index < -0.39 is 12.0 Å². The van der Waals surface area contributed by atoms with Gasteiger partial charge in [0.05, 0.1) is 0 Å². The lowest BCUT2D eigenvalue weighted by molar-refractivity contribution is -0.138. The Balaban J connectivity index is 1.75. The molecular formula is C16H15NO5. The van der Waals surface area contributed by atoms with Crippen molar-refractivity contribution in [2.24, 2.45) is 5.73 Å². The molecule has 0 aromatic heterocycles. The zero-order chi connectivity index (χ0) is 15.5. The van der Waals surface area contributed by atoms with Crippen molar-refractivity contribution >= 4 is 5.97 Å². The van der Waals surface area contributed by atoms with Gasteiger partial charge in [-0.25, -0.2) is 0 Å². The first kappa shape index (κ1) is 14.2. The molecule has 0 saturated carbocycles. The van der Waals surface area contributed by atoms with E-state index in [4.69, 9.17) is 25.1 Å². The van der Waals surface area contributed by atoms with Gasteiger partial charge in [-0.2, -0.15) is 0 Å². The SMILES string of the molecule is N[C@H](C(=O)O)c1ccccc1OCc1ccc2c(c1)OCO2. The molecule has 6 nitrogen and oxygen atoms in total. The Morgan fingerprint density at radius 3 is 2.82 bits per heavy atom. The number of hydrogen-bond acceptors (Lipinski definition) is 5. The summed E-state index contributed by atoms with van der Waals surface area (Å²) in [6.45, 7) is 0.496. The predicted molar refractivity (Wildman–Crippen MR) is 77.9 cm³/mol. The molecule has 1 aliphatic heterocycles. The second-order valence-electron chi connectivity index (χ2n) is 4.83. The molecule has 2 aromatic carbocycles. The smallest absolute Gasteiger partial charge is 0.325 e. The van der Waals surface area contributed by atoms with Gasteiger partial charge < -0.3 is 25.1 Å². The third-order valence-electron chi connectivity index (χ3n) is 3.35. The number of aliphatic carboxylic acids is 1. The molecule has 2 aromatic rings. The maximum atomic E-state index is 11.0. The Morgan fingerprint density at radius 2 is 2.00 bits per heavy atom. The summed E-state index contributed by atoms with van der Waals surface area (Å²) in [4.78, 5) is 11.0. The number of carboxylic acids is 1. The van der Waals surface area contributed by atoms with Gasteiger partial charge in [-0.15, -0.1) is 0 Å². The number of fused-ring (bicyclic) bond motifs is 1. The van der Waals surface area contributed by atoms with Crippen LogP contribution in [0.4, 0.5) is 0 Å². The lowest BCUT2D eigenvalue weighted by Crippen LogP contribution is -2.21. The second-order valence-corrected chi connectivity index (χ2v) is 4.83. The highest BCUT2D eigenvalue weighted by Crippen LogP contribution is 2.33. The topological polar surface area (TPSA) is 91.0 Å². The number of para-hydroxylation sites is 1. The van der Waals surface area contributed by atoms with Gasteiger partial charge in [-0.1, -0.05) is 24.3 Å². The summed E-state index contributed by atoms with van der Waals surface area (Å²) in [6, 6.07) is 11.2. The summed E-state index contributed by atoms with van der Waals surface area (Å²) in [7, 11) is 0. The third-order valence-corrected chi connectivity index (χ3v) is 3.35. The lowest BCUT2D eigenvalue weighted by Gasteiger charge is -2.14. The van der Waals surface area contributed by atoms with Crippen molar-refractivity contribution in [3.8, 4) is 17.2 Å². The number of hydrogen-bond donors (Lipinski definition) is 2. The lowest BCUT2D eigenvalue weighted by atomic mass is 10.1. The third kappa shape index (κ3) is 2.82. The van der Waals surface area contributed by atoms with Crippen molar-refractivity contribution in [3.05, 3.63) is 53.6 Å². The first-order chi connectivity index (χ1) is 10.6. The standard InChI is InChI=1S/C16H15NO5/c17-15(16(18)19)11-3-1-2-4-12(11)20-8-10-5-6-13-14(7-10)22-9-21-13/h1-7,15H,8-9,17H2,(H,18,19)/t15-/m0/s1. The summed E-state index contributed by atoms with van der Waals surface area (Å²) < 4.78 is 16.3. The Bertz CT molecular complexity index is 701. The molecule has 0 aliphatic carbocycles. The molecule has 0 amide bonds. The van der Waals surface area contributed by atoms with E-state index >= 15 is 0 Å². The van der Waals surface area contributed by atoms with Crippen molar-refractivity contribution in [2.45, 2.75) is 12.6 Å². The Labute approximate surface area is 127 Å². The van der Waals surface area contributed by atoms with E-state index in [9.17, 15) is 4.79 Å². The number of benzene rings is 2. The molecule has 0 bridgehead atoms. The quantitative estimate of drug-likeness (QED) is 0.878. The minimum atomic E-state index is -1.12.